The molecule has 152 valence electrons. The number of Topliss-reactive ketones (excluding diaryl/α,β-unsaturated/α-hetero) is 1. The smallest absolute Gasteiger partial charge is 0.332 e. The van der Waals surface area contributed by atoms with Crippen LogP contribution in [0.1, 0.15) is 29.3 Å². The summed E-state index contributed by atoms with van der Waals surface area (Å²) in [4.78, 5) is 37.6. The molecule has 0 unspecified atom stereocenters. The predicted molar refractivity (Wildman–Crippen MR) is 110 cm³/mol. The van der Waals surface area contributed by atoms with Crippen LogP contribution in [-0.4, -0.2) is 40.9 Å². The van der Waals surface area contributed by atoms with Crippen molar-refractivity contribution in [1.29, 1.82) is 0 Å². The molecule has 0 aliphatic rings. The second kappa shape index (κ2) is 8.43. The lowest BCUT2D eigenvalue weighted by molar-refractivity contribution is 0.102. The minimum atomic E-state index is -0.705. The van der Waals surface area contributed by atoms with Gasteiger partial charge in [0.1, 0.15) is 11.4 Å². The number of carbonyl (C=O) groups excluding carboxylic acids is 1. The molecule has 0 fully saturated rings. The maximum Gasteiger partial charge on any atom is 0.332 e. The van der Waals surface area contributed by atoms with Crippen LogP contribution in [0.4, 0.5) is 5.82 Å². The molecule has 0 bridgehead atoms. The number of nitrogen functional groups attached to an aromatic ring is 1. The zero-order valence-electron chi connectivity index (χ0n) is 16.3. The molecule has 0 aliphatic heterocycles. The number of tetrazole rings is 1. The van der Waals surface area contributed by atoms with Crippen LogP contribution in [0, 0.1) is 6.92 Å². The van der Waals surface area contributed by atoms with E-state index in [9.17, 15) is 14.4 Å². The van der Waals surface area contributed by atoms with Gasteiger partial charge in [-0.15, -0.1) is 5.10 Å². The first-order valence-corrected chi connectivity index (χ1v) is 9.95. The van der Waals surface area contributed by atoms with E-state index in [0.717, 1.165) is 27.6 Å². The van der Waals surface area contributed by atoms with Crippen molar-refractivity contribution in [3.05, 3.63) is 56.2 Å². The highest BCUT2D eigenvalue weighted by Crippen LogP contribution is 2.21. The van der Waals surface area contributed by atoms with Crippen molar-refractivity contribution in [3.8, 4) is 5.69 Å². The number of anilines is 1. The lowest BCUT2D eigenvalue weighted by Gasteiger charge is -2.13. The highest BCUT2D eigenvalue weighted by Gasteiger charge is 2.22. The topological polar surface area (TPSA) is 131 Å². The van der Waals surface area contributed by atoms with Gasteiger partial charge in [0.2, 0.25) is 5.16 Å². The summed E-state index contributed by atoms with van der Waals surface area (Å²) in [5.41, 5.74) is 6.33. The average molecular weight is 415 g/mol. The third kappa shape index (κ3) is 3.86. The van der Waals surface area contributed by atoms with E-state index < -0.39 is 17.0 Å². The van der Waals surface area contributed by atoms with Crippen LogP contribution in [0.25, 0.3) is 5.69 Å². The fourth-order valence-corrected chi connectivity index (χ4v) is 3.66. The van der Waals surface area contributed by atoms with Gasteiger partial charge in [0.15, 0.2) is 5.78 Å². The van der Waals surface area contributed by atoms with Gasteiger partial charge in [-0.2, -0.15) is 4.68 Å². The van der Waals surface area contributed by atoms with E-state index in [4.69, 9.17) is 5.73 Å². The minimum absolute atomic E-state index is 0.101. The summed E-state index contributed by atoms with van der Waals surface area (Å²) >= 11 is 1.09. The normalized spacial score (nSPS) is 11.0. The number of hydrogen-bond donors (Lipinski definition) is 1. The fourth-order valence-electron chi connectivity index (χ4n) is 2.91. The lowest BCUT2D eigenvalue weighted by atomic mass is 10.2. The van der Waals surface area contributed by atoms with Crippen LogP contribution in [0.15, 0.2) is 39.0 Å². The van der Waals surface area contributed by atoms with E-state index in [1.165, 1.54) is 16.3 Å². The van der Waals surface area contributed by atoms with Gasteiger partial charge in [0, 0.05) is 13.6 Å². The second-order valence-corrected chi connectivity index (χ2v) is 7.37. The highest BCUT2D eigenvalue weighted by molar-refractivity contribution is 7.99. The van der Waals surface area contributed by atoms with Crippen molar-refractivity contribution in [3.63, 3.8) is 0 Å². The van der Waals surface area contributed by atoms with E-state index in [1.807, 2.05) is 38.1 Å². The van der Waals surface area contributed by atoms with Gasteiger partial charge in [-0.1, -0.05) is 36.9 Å². The summed E-state index contributed by atoms with van der Waals surface area (Å²) in [7, 11) is 1.33. The number of aromatic nitrogens is 6. The maximum atomic E-state index is 12.8. The Morgan fingerprint density at radius 3 is 2.66 bits per heavy atom. The molecule has 0 saturated carbocycles. The summed E-state index contributed by atoms with van der Waals surface area (Å²) in [6.07, 6.45) is 0.635. The summed E-state index contributed by atoms with van der Waals surface area (Å²) in [6, 6.07) is 7.57. The predicted octanol–water partition coefficient (Wildman–Crippen LogP) is 0.798. The molecule has 2 heterocycles. The van der Waals surface area contributed by atoms with Crippen molar-refractivity contribution in [2.24, 2.45) is 7.05 Å². The first kappa shape index (κ1) is 20.5. The largest absolute Gasteiger partial charge is 0.384 e. The number of ketones is 1. The van der Waals surface area contributed by atoms with Crippen molar-refractivity contribution < 1.29 is 4.79 Å². The standard InChI is InChI=1S/C18H21N7O3S/c1-4-9-24-15(19)14(16(27)23(3)18(24)28)13(26)10-29-17-20-21-22-25(17)12-8-6-5-7-11(12)2/h5-8H,4,9-10,19H2,1-3H3. The summed E-state index contributed by atoms with van der Waals surface area (Å²) in [6.45, 7) is 4.12. The number of nitrogens with zero attached hydrogens (tertiary/aromatic N) is 6. The molecule has 0 aliphatic carbocycles. The molecule has 2 aromatic heterocycles. The SMILES string of the molecule is CCCn1c(N)c(C(=O)CSc2nnnn2-c2ccccc2C)c(=O)n(C)c1=O. The Bertz CT molecular complexity index is 1180. The number of para-hydroxylation sites is 1. The molecular formula is C18H21N7O3S. The number of benzene rings is 1. The summed E-state index contributed by atoms with van der Waals surface area (Å²) in [5, 5.41) is 12.0. The van der Waals surface area contributed by atoms with Crippen molar-refractivity contribution in [1.82, 2.24) is 29.3 Å². The van der Waals surface area contributed by atoms with Gasteiger partial charge in [-0.25, -0.2) is 4.79 Å². The molecule has 0 amide bonds. The quantitative estimate of drug-likeness (QED) is 0.443. The first-order chi connectivity index (χ1) is 13.9. The van der Waals surface area contributed by atoms with Gasteiger partial charge >= 0.3 is 5.69 Å². The monoisotopic (exact) mass is 415 g/mol. The molecule has 11 heteroatoms. The highest BCUT2D eigenvalue weighted by atomic mass is 32.2. The van der Waals surface area contributed by atoms with Crippen LogP contribution < -0.4 is 17.0 Å². The Kier molecular flexibility index (Phi) is 5.97. The fraction of sp³-hybridized carbons (Fsp3) is 0.333. The zero-order valence-corrected chi connectivity index (χ0v) is 17.1. The molecule has 0 spiro atoms. The third-order valence-electron chi connectivity index (χ3n) is 4.43. The molecule has 1 aromatic carbocycles. The third-order valence-corrected chi connectivity index (χ3v) is 5.35. The molecule has 3 aromatic rings. The molecule has 0 atom stereocenters. The van der Waals surface area contributed by atoms with E-state index in [2.05, 4.69) is 15.5 Å². The van der Waals surface area contributed by atoms with Crippen LogP contribution in [0.2, 0.25) is 0 Å². The molecule has 2 N–H and O–H groups in total. The van der Waals surface area contributed by atoms with Gasteiger partial charge < -0.3 is 5.73 Å². The van der Waals surface area contributed by atoms with Crippen LogP contribution in [0.5, 0.6) is 0 Å². The summed E-state index contributed by atoms with van der Waals surface area (Å²) < 4.78 is 3.69. The van der Waals surface area contributed by atoms with Crippen LogP contribution in [-0.2, 0) is 13.6 Å². The number of carbonyl (C=O) groups is 1. The average Bonchev–Trinajstić information content (AvgIpc) is 3.17. The van der Waals surface area contributed by atoms with Crippen molar-refractivity contribution >= 4 is 23.4 Å². The number of rotatable bonds is 7. The second-order valence-electron chi connectivity index (χ2n) is 6.43. The molecule has 0 saturated heterocycles. The van der Waals surface area contributed by atoms with Crippen LogP contribution in [0.3, 0.4) is 0 Å². The van der Waals surface area contributed by atoms with Crippen molar-refractivity contribution in [2.45, 2.75) is 32.0 Å². The molecule has 3 rings (SSSR count). The molecule has 29 heavy (non-hydrogen) atoms. The number of hydrogen-bond acceptors (Lipinski definition) is 8. The Labute approximate surface area is 170 Å². The summed E-state index contributed by atoms with van der Waals surface area (Å²) in [5.74, 6) is -0.697. The van der Waals surface area contributed by atoms with E-state index in [0.29, 0.717) is 18.1 Å². The maximum absolute atomic E-state index is 12.8. The molecular weight excluding hydrogens is 394 g/mol. The minimum Gasteiger partial charge on any atom is -0.384 e. The van der Waals surface area contributed by atoms with Crippen molar-refractivity contribution in [2.75, 3.05) is 11.5 Å². The van der Waals surface area contributed by atoms with E-state index in [1.54, 1.807) is 0 Å². The number of aryl methyl sites for hydroxylation is 1. The lowest BCUT2D eigenvalue weighted by Crippen LogP contribution is -2.42. The Morgan fingerprint density at radius 1 is 1.24 bits per heavy atom. The Balaban J connectivity index is 1.91. The van der Waals surface area contributed by atoms with Gasteiger partial charge in [-0.05, 0) is 35.4 Å². The zero-order chi connectivity index (χ0) is 21.1. The number of thioether (sulfide) groups is 1. The molecule has 10 nitrogen and oxygen atoms in total. The molecule has 0 radical (unpaired) electrons. The number of nitrogens with two attached hydrogens (primary N) is 1. The van der Waals surface area contributed by atoms with Gasteiger partial charge in [-0.3, -0.25) is 18.7 Å². The Morgan fingerprint density at radius 2 is 1.97 bits per heavy atom. The van der Waals surface area contributed by atoms with E-state index >= 15 is 0 Å². The first-order valence-electron chi connectivity index (χ1n) is 8.96. The Hall–Kier alpha value is -3.21. The van der Waals surface area contributed by atoms with Gasteiger partial charge in [0.25, 0.3) is 5.56 Å². The van der Waals surface area contributed by atoms with E-state index in [-0.39, 0.29) is 17.1 Å². The van der Waals surface area contributed by atoms with Crippen LogP contribution >= 0.6 is 11.8 Å². The van der Waals surface area contributed by atoms with Gasteiger partial charge in [0.05, 0.1) is 11.4 Å².